The number of carbonyl (C=O) groups is 3. The normalized spacial score (nSPS) is 26.6. The van der Waals surface area contributed by atoms with Gasteiger partial charge in [-0.25, -0.2) is 9.29 Å². The SMILES string of the molecule is O=C1[C@@H]2C(Cc3ccc(O)c(O)c3)NC3(C(=O)Nc4ccc(F)cc43)[C@@H]2C(=O)N1c1ccc2c(c1)OCCO2. The maximum Gasteiger partial charge on any atom is 0.250 e. The van der Waals surface area contributed by atoms with Crippen LogP contribution in [0.4, 0.5) is 15.8 Å². The van der Waals surface area contributed by atoms with E-state index < -0.39 is 47.0 Å². The number of imide groups is 1. The number of aromatic hydroxyl groups is 2. The maximum absolute atomic E-state index is 14.5. The zero-order chi connectivity index (χ0) is 27.1. The van der Waals surface area contributed by atoms with Gasteiger partial charge in [-0.2, -0.15) is 0 Å². The van der Waals surface area contributed by atoms with Crippen molar-refractivity contribution in [3.8, 4) is 23.0 Å². The lowest BCUT2D eigenvalue weighted by molar-refractivity contribution is -0.130. The van der Waals surface area contributed by atoms with Crippen LogP contribution >= 0.6 is 0 Å². The van der Waals surface area contributed by atoms with Crippen LogP contribution in [0.1, 0.15) is 11.1 Å². The molecule has 4 aliphatic heterocycles. The molecule has 4 aliphatic rings. The first-order valence-corrected chi connectivity index (χ1v) is 12.5. The summed E-state index contributed by atoms with van der Waals surface area (Å²) in [6, 6.07) is 12.1. The van der Waals surface area contributed by atoms with Crippen LogP contribution in [-0.2, 0) is 26.3 Å². The predicted molar refractivity (Wildman–Crippen MR) is 134 cm³/mol. The van der Waals surface area contributed by atoms with Crippen molar-refractivity contribution in [1.29, 1.82) is 0 Å². The lowest BCUT2D eigenvalue weighted by Gasteiger charge is -2.30. The third kappa shape index (κ3) is 3.26. The monoisotopic (exact) mass is 531 g/mol. The van der Waals surface area contributed by atoms with Gasteiger partial charge >= 0.3 is 0 Å². The van der Waals surface area contributed by atoms with Crippen molar-refractivity contribution in [2.24, 2.45) is 11.8 Å². The molecule has 4 N–H and O–H groups in total. The van der Waals surface area contributed by atoms with Crippen molar-refractivity contribution in [3.05, 3.63) is 71.5 Å². The van der Waals surface area contributed by atoms with Gasteiger partial charge in [0.05, 0.1) is 17.5 Å². The van der Waals surface area contributed by atoms with Crippen molar-refractivity contribution < 1.29 is 38.5 Å². The fourth-order valence-corrected chi connectivity index (χ4v) is 6.32. The van der Waals surface area contributed by atoms with Crippen LogP contribution in [0.15, 0.2) is 54.6 Å². The Hall–Kier alpha value is -4.64. The standard InChI is InChI=1S/C28H22FN3O7/c29-14-2-4-17-16(11-14)28(27(37)30-17)24-23(18(31-28)9-13-1-5-19(33)20(34)10-13)25(35)32(26(24)36)15-3-6-21-22(12-15)39-8-7-38-21/h1-6,10-12,18,23-24,31,33-34H,7-9H2,(H,30,37)/t18?,23-,24+,28?/m1/s1. The zero-order valence-corrected chi connectivity index (χ0v) is 20.3. The number of anilines is 2. The minimum absolute atomic E-state index is 0.142. The van der Waals surface area contributed by atoms with Crippen LogP contribution in [0.2, 0.25) is 0 Å². The molecule has 2 saturated heterocycles. The van der Waals surface area contributed by atoms with E-state index in [1.54, 1.807) is 24.3 Å². The van der Waals surface area contributed by atoms with Crippen LogP contribution in [0.5, 0.6) is 23.0 Å². The molecule has 0 aromatic heterocycles. The number of phenolic OH excluding ortho intramolecular Hbond substituents is 2. The highest BCUT2D eigenvalue weighted by atomic mass is 19.1. The number of amides is 3. The van der Waals surface area contributed by atoms with Gasteiger partial charge in [-0.3, -0.25) is 19.7 Å². The number of fused-ring (bicyclic) bond motifs is 5. The van der Waals surface area contributed by atoms with E-state index in [0.717, 1.165) is 4.90 Å². The molecule has 7 rings (SSSR count). The molecule has 2 fully saturated rings. The first-order valence-electron chi connectivity index (χ1n) is 12.5. The van der Waals surface area contributed by atoms with Crippen LogP contribution in [0.3, 0.4) is 0 Å². The summed E-state index contributed by atoms with van der Waals surface area (Å²) in [5, 5.41) is 25.7. The first kappa shape index (κ1) is 23.5. The Labute approximate surface area is 220 Å². The minimum atomic E-state index is -1.69. The van der Waals surface area contributed by atoms with Crippen LogP contribution in [0.25, 0.3) is 0 Å². The molecule has 10 nitrogen and oxygen atoms in total. The van der Waals surface area contributed by atoms with Gasteiger partial charge in [-0.05, 0) is 54.4 Å². The van der Waals surface area contributed by atoms with Crippen molar-refractivity contribution in [3.63, 3.8) is 0 Å². The number of nitrogens with one attached hydrogen (secondary N) is 2. The summed E-state index contributed by atoms with van der Waals surface area (Å²) in [5.41, 5.74) is -0.245. The van der Waals surface area contributed by atoms with E-state index >= 15 is 0 Å². The second-order valence-corrected chi connectivity index (χ2v) is 10.1. The highest BCUT2D eigenvalue weighted by molar-refractivity contribution is 6.26. The molecule has 0 bridgehead atoms. The van der Waals surface area contributed by atoms with E-state index in [-0.39, 0.29) is 29.2 Å². The van der Waals surface area contributed by atoms with E-state index in [2.05, 4.69) is 10.6 Å². The van der Waals surface area contributed by atoms with Gasteiger partial charge in [0, 0.05) is 23.4 Å². The lowest BCUT2D eigenvalue weighted by atomic mass is 9.76. The number of hydrogen-bond donors (Lipinski definition) is 4. The second kappa shape index (κ2) is 8.18. The molecular formula is C28H22FN3O7. The number of nitrogens with zero attached hydrogens (tertiary/aromatic N) is 1. The molecule has 11 heteroatoms. The van der Waals surface area contributed by atoms with Crippen LogP contribution < -0.4 is 25.0 Å². The Balaban J connectivity index is 1.35. The molecule has 4 heterocycles. The zero-order valence-electron chi connectivity index (χ0n) is 20.3. The smallest absolute Gasteiger partial charge is 0.250 e. The summed E-state index contributed by atoms with van der Waals surface area (Å²) in [7, 11) is 0. The summed E-state index contributed by atoms with van der Waals surface area (Å²) in [4.78, 5) is 42.8. The lowest BCUT2D eigenvalue weighted by Crippen LogP contribution is -2.53. The van der Waals surface area contributed by atoms with Gasteiger partial charge < -0.3 is 25.0 Å². The molecule has 0 radical (unpaired) electrons. The van der Waals surface area contributed by atoms with Gasteiger partial charge in [-0.15, -0.1) is 0 Å². The van der Waals surface area contributed by atoms with Gasteiger partial charge in [0.2, 0.25) is 17.7 Å². The number of carbonyl (C=O) groups excluding carboxylic acids is 3. The van der Waals surface area contributed by atoms with Gasteiger partial charge in [0.25, 0.3) is 0 Å². The Bertz CT molecular complexity index is 1590. The van der Waals surface area contributed by atoms with E-state index in [0.29, 0.717) is 36.0 Å². The number of hydrogen-bond acceptors (Lipinski definition) is 8. The van der Waals surface area contributed by atoms with Crippen LogP contribution in [0, 0.1) is 17.7 Å². The molecule has 4 atom stereocenters. The maximum atomic E-state index is 14.5. The quantitative estimate of drug-likeness (QED) is 0.298. The van der Waals surface area contributed by atoms with Gasteiger partial charge in [0.1, 0.15) is 24.6 Å². The third-order valence-corrected chi connectivity index (χ3v) is 7.96. The molecule has 0 saturated carbocycles. The predicted octanol–water partition coefficient (Wildman–Crippen LogP) is 2.18. The summed E-state index contributed by atoms with van der Waals surface area (Å²) < 4.78 is 25.7. The van der Waals surface area contributed by atoms with Crippen molar-refractivity contribution >= 4 is 29.1 Å². The van der Waals surface area contributed by atoms with E-state index in [9.17, 15) is 29.0 Å². The minimum Gasteiger partial charge on any atom is -0.504 e. The van der Waals surface area contributed by atoms with Crippen LogP contribution in [-0.4, -0.2) is 47.2 Å². The molecule has 198 valence electrons. The highest BCUT2D eigenvalue weighted by Gasteiger charge is 2.70. The van der Waals surface area contributed by atoms with Crippen molar-refractivity contribution in [2.75, 3.05) is 23.4 Å². The Morgan fingerprint density at radius 2 is 1.72 bits per heavy atom. The fourth-order valence-electron chi connectivity index (χ4n) is 6.32. The third-order valence-electron chi connectivity index (χ3n) is 7.96. The number of rotatable bonds is 3. The van der Waals surface area contributed by atoms with E-state index in [4.69, 9.17) is 9.47 Å². The summed E-state index contributed by atoms with van der Waals surface area (Å²) in [6.07, 6.45) is 0.142. The van der Waals surface area contributed by atoms with E-state index in [1.807, 2.05) is 0 Å². The molecule has 3 amide bonds. The Kier molecular flexibility index (Phi) is 4.92. The first-order chi connectivity index (χ1) is 18.8. The molecular weight excluding hydrogens is 509 g/mol. The molecule has 3 aromatic carbocycles. The summed E-state index contributed by atoms with van der Waals surface area (Å²) >= 11 is 0. The fraction of sp³-hybridized carbons (Fsp3) is 0.250. The van der Waals surface area contributed by atoms with E-state index in [1.165, 1.54) is 30.3 Å². The molecule has 39 heavy (non-hydrogen) atoms. The van der Waals surface area contributed by atoms with Gasteiger partial charge in [-0.1, -0.05) is 6.07 Å². The average Bonchev–Trinajstić information content (AvgIpc) is 3.50. The molecule has 3 aromatic rings. The number of halogens is 1. The highest BCUT2D eigenvalue weighted by Crippen LogP contribution is 2.54. The molecule has 0 aliphatic carbocycles. The van der Waals surface area contributed by atoms with Crippen molar-refractivity contribution in [1.82, 2.24) is 5.32 Å². The topological polar surface area (TPSA) is 137 Å². The largest absolute Gasteiger partial charge is 0.504 e. The molecule has 1 spiro atoms. The number of benzene rings is 3. The number of phenols is 2. The Morgan fingerprint density at radius 1 is 0.923 bits per heavy atom. The second-order valence-electron chi connectivity index (χ2n) is 10.1. The number of ether oxygens (including phenoxy) is 2. The van der Waals surface area contributed by atoms with Gasteiger partial charge in [0.15, 0.2) is 23.0 Å². The average molecular weight is 531 g/mol. The summed E-state index contributed by atoms with van der Waals surface area (Å²) in [5.74, 6) is -4.17. The van der Waals surface area contributed by atoms with Crippen molar-refractivity contribution in [2.45, 2.75) is 18.0 Å². The molecule has 2 unspecified atom stereocenters. The Morgan fingerprint density at radius 3 is 2.51 bits per heavy atom. The summed E-state index contributed by atoms with van der Waals surface area (Å²) in [6.45, 7) is 0.701.